The Balaban J connectivity index is 4.01. The number of primary amides is 1. The summed E-state index contributed by atoms with van der Waals surface area (Å²) in [5.74, 6) is 0. The highest BCUT2D eigenvalue weighted by Crippen LogP contribution is 2.54. The van der Waals surface area contributed by atoms with Gasteiger partial charge in [0.15, 0.2) is 19.0 Å². The van der Waals surface area contributed by atoms with Crippen LogP contribution in [-0.4, -0.2) is 46.7 Å². The minimum atomic E-state index is -2.24. The van der Waals surface area contributed by atoms with Gasteiger partial charge in [-0.1, -0.05) is 0 Å². The maximum Gasteiger partial charge on any atom is 0.314 e. The Labute approximate surface area is 70.7 Å². The molecule has 2 amide bonds. The van der Waals surface area contributed by atoms with Crippen molar-refractivity contribution in [3.05, 3.63) is 0 Å². The van der Waals surface area contributed by atoms with E-state index >= 15 is 0 Å². The lowest BCUT2D eigenvalue weighted by Gasteiger charge is -2.19. The number of rotatable bonds is 5. The van der Waals surface area contributed by atoms with E-state index in [2.05, 4.69) is 5.32 Å². The van der Waals surface area contributed by atoms with Crippen molar-refractivity contribution in [1.29, 1.82) is 0 Å². The van der Waals surface area contributed by atoms with Crippen LogP contribution < -0.4 is 11.1 Å². The Morgan fingerprint density at radius 3 is 1.92 bits per heavy atom. The molecule has 0 aromatic carbocycles. The van der Waals surface area contributed by atoms with Gasteiger partial charge in [-0.2, -0.15) is 0 Å². The van der Waals surface area contributed by atoms with Crippen molar-refractivity contribution in [2.45, 2.75) is 0 Å². The molecule has 0 aromatic rings. The third-order valence-electron chi connectivity index (χ3n) is 1.49. The van der Waals surface area contributed by atoms with Crippen LogP contribution in [0, 0.1) is 0 Å². The third kappa shape index (κ3) is 3.32. The first-order valence-corrected chi connectivity index (χ1v) is 5.84. The molecule has 0 atom stereocenters. The zero-order chi connectivity index (χ0) is 9.61. The second-order valence-electron chi connectivity index (χ2n) is 2.47. The zero-order valence-corrected chi connectivity index (χ0v) is 7.50. The van der Waals surface area contributed by atoms with E-state index in [9.17, 15) is 4.79 Å². The predicted molar refractivity (Wildman–Crippen MR) is 45.8 cm³/mol. The molecule has 0 radical (unpaired) electrons. The minimum absolute atomic E-state index is 0.0613. The van der Waals surface area contributed by atoms with Gasteiger partial charge in [-0.15, -0.1) is 0 Å². The summed E-state index contributed by atoms with van der Waals surface area (Å²) in [6.45, 7) is 0. The van der Waals surface area contributed by atoms with Crippen molar-refractivity contribution in [2.75, 3.05) is 25.3 Å². The number of carbonyl (C=O) groups excluding carboxylic acids is 1. The highest BCUT2D eigenvalue weighted by atomic mass is 31.2. The first-order chi connectivity index (χ1) is 5.60. The van der Waals surface area contributed by atoms with E-state index in [4.69, 9.17) is 21.1 Å². The Morgan fingerprint density at radius 1 is 1.25 bits per heavy atom. The number of nitrogens with one attached hydrogen (secondary N) is 1. The molecule has 6 nitrogen and oxygen atoms in total. The van der Waals surface area contributed by atoms with Gasteiger partial charge < -0.3 is 26.4 Å². The smallest absolute Gasteiger partial charge is 0.314 e. The average Bonchev–Trinajstić information content (AvgIpc) is 2.08. The molecule has 0 rings (SSSR count). The van der Waals surface area contributed by atoms with Crippen LogP contribution >= 0.6 is 7.26 Å². The first-order valence-electron chi connectivity index (χ1n) is 3.31. The molecule has 0 aromatic heterocycles. The number of aliphatic hydroxyl groups excluding tert-OH is 3. The second-order valence-corrected chi connectivity index (χ2v) is 6.31. The van der Waals surface area contributed by atoms with E-state index in [1.165, 1.54) is 0 Å². The molecule has 0 spiro atoms. The predicted octanol–water partition coefficient (Wildman–Crippen LogP) is -1.52. The average molecular weight is 197 g/mol. The van der Waals surface area contributed by atoms with Crippen LogP contribution in [0.5, 0.6) is 0 Å². The molecule has 0 bridgehead atoms. The fourth-order valence-corrected chi connectivity index (χ4v) is 1.59. The van der Waals surface area contributed by atoms with E-state index in [1.54, 1.807) is 0 Å². The van der Waals surface area contributed by atoms with Gasteiger partial charge >= 0.3 is 6.03 Å². The first kappa shape index (κ1) is 11.6. The lowest BCUT2D eigenvalue weighted by atomic mass is 11.0. The maximum atomic E-state index is 10.3. The minimum Gasteiger partial charge on any atom is -0.361 e. The fraction of sp³-hybridized carbons (Fsp3) is 0.800. The molecular weight excluding hydrogens is 183 g/mol. The van der Waals surface area contributed by atoms with Crippen LogP contribution in [0.4, 0.5) is 4.79 Å². The monoisotopic (exact) mass is 197 g/mol. The standard InChI is InChI=1S/C5H13N2O4P/c6-5(11)7-1-12(2-8,3-9)4-10/h8-10H,1-4H2,(H2-,6,7,11)/p+1. The summed E-state index contributed by atoms with van der Waals surface area (Å²) in [4.78, 5) is 10.3. The van der Waals surface area contributed by atoms with Crippen LogP contribution in [0.25, 0.3) is 0 Å². The molecule has 0 aliphatic heterocycles. The summed E-state index contributed by atoms with van der Waals surface area (Å²) in [5.41, 5.74) is 4.79. The SMILES string of the molecule is NC(=O)NC[P+](CO)(CO)CO. The molecule has 0 fully saturated rings. The van der Waals surface area contributed by atoms with Gasteiger partial charge in [-0.3, -0.25) is 0 Å². The summed E-state index contributed by atoms with van der Waals surface area (Å²) < 4.78 is 0. The molecule has 6 N–H and O–H groups in total. The zero-order valence-electron chi connectivity index (χ0n) is 6.60. The highest BCUT2D eigenvalue weighted by molar-refractivity contribution is 7.75. The van der Waals surface area contributed by atoms with E-state index in [0.717, 1.165) is 0 Å². The number of hydrogen-bond donors (Lipinski definition) is 5. The Morgan fingerprint density at radius 2 is 1.67 bits per heavy atom. The Hall–Kier alpha value is -0.420. The van der Waals surface area contributed by atoms with Crippen LogP contribution in [0.2, 0.25) is 0 Å². The molecule has 0 unspecified atom stereocenters. The van der Waals surface area contributed by atoms with E-state index in [0.29, 0.717) is 0 Å². The molecule has 12 heavy (non-hydrogen) atoms. The van der Waals surface area contributed by atoms with E-state index < -0.39 is 13.3 Å². The van der Waals surface area contributed by atoms with Gasteiger partial charge in [0.25, 0.3) is 0 Å². The number of nitrogens with two attached hydrogens (primary N) is 1. The Bertz CT molecular complexity index is 142. The molecule has 0 aliphatic carbocycles. The van der Waals surface area contributed by atoms with Crippen molar-refractivity contribution in [1.82, 2.24) is 5.32 Å². The van der Waals surface area contributed by atoms with Gasteiger partial charge in [0, 0.05) is 0 Å². The van der Waals surface area contributed by atoms with Gasteiger partial charge in [0.05, 0.1) is 0 Å². The molecule has 7 heteroatoms. The molecule has 0 heterocycles. The van der Waals surface area contributed by atoms with Crippen LogP contribution in [0.15, 0.2) is 0 Å². The van der Waals surface area contributed by atoms with E-state index in [-0.39, 0.29) is 25.3 Å². The van der Waals surface area contributed by atoms with Gasteiger partial charge in [0.2, 0.25) is 0 Å². The van der Waals surface area contributed by atoms with Gasteiger partial charge in [0.1, 0.15) is 13.5 Å². The summed E-state index contributed by atoms with van der Waals surface area (Å²) in [6, 6.07) is -0.727. The lowest BCUT2D eigenvalue weighted by molar-refractivity contribution is 0.250. The quantitative estimate of drug-likeness (QED) is 0.344. The highest BCUT2D eigenvalue weighted by Gasteiger charge is 2.35. The molecule has 72 valence electrons. The van der Waals surface area contributed by atoms with Crippen LogP contribution in [0.3, 0.4) is 0 Å². The van der Waals surface area contributed by atoms with Gasteiger partial charge in [-0.05, 0) is 0 Å². The van der Waals surface area contributed by atoms with Gasteiger partial charge in [-0.25, -0.2) is 4.79 Å². The largest absolute Gasteiger partial charge is 0.361 e. The molecule has 0 saturated carbocycles. The normalized spacial score (nSPS) is 11.2. The molecule has 0 aliphatic rings. The number of urea groups is 1. The van der Waals surface area contributed by atoms with Crippen molar-refractivity contribution < 1.29 is 20.1 Å². The lowest BCUT2D eigenvalue weighted by Crippen LogP contribution is -2.33. The van der Waals surface area contributed by atoms with Crippen molar-refractivity contribution in [3.8, 4) is 0 Å². The van der Waals surface area contributed by atoms with Crippen molar-refractivity contribution >= 4 is 13.3 Å². The number of amides is 2. The molecule has 0 saturated heterocycles. The number of aliphatic hydroxyl groups is 3. The molecular formula is C5H14N2O4P+. The fourth-order valence-electron chi connectivity index (χ4n) is 0.530. The summed E-state index contributed by atoms with van der Waals surface area (Å²) >= 11 is 0. The Kier molecular flexibility index (Phi) is 5.08. The topological polar surface area (TPSA) is 116 Å². The summed E-state index contributed by atoms with van der Waals surface area (Å²) in [5, 5.41) is 28.7. The summed E-state index contributed by atoms with van der Waals surface area (Å²) in [6.07, 6.45) is -0.854. The number of carbonyl (C=O) groups is 1. The summed E-state index contributed by atoms with van der Waals surface area (Å²) in [7, 11) is -2.24. The maximum absolute atomic E-state index is 10.3. The van der Waals surface area contributed by atoms with Crippen LogP contribution in [0.1, 0.15) is 0 Å². The third-order valence-corrected chi connectivity index (χ3v) is 4.12. The second kappa shape index (κ2) is 5.27. The number of hydrogen-bond acceptors (Lipinski definition) is 4. The van der Waals surface area contributed by atoms with Crippen molar-refractivity contribution in [2.24, 2.45) is 5.73 Å². The van der Waals surface area contributed by atoms with Crippen molar-refractivity contribution in [3.63, 3.8) is 0 Å². The van der Waals surface area contributed by atoms with Crippen LogP contribution in [-0.2, 0) is 0 Å². The van der Waals surface area contributed by atoms with E-state index in [1.807, 2.05) is 0 Å².